The van der Waals surface area contributed by atoms with Crippen LogP contribution < -0.4 is 4.74 Å². The molecular formula is C19H17F2NO3. The minimum Gasteiger partial charge on any atom is -0.484 e. The summed E-state index contributed by atoms with van der Waals surface area (Å²) in [5, 5.41) is 0. The van der Waals surface area contributed by atoms with Crippen molar-refractivity contribution in [3.63, 3.8) is 0 Å². The third kappa shape index (κ3) is 4.97. The van der Waals surface area contributed by atoms with Crippen molar-refractivity contribution in [1.29, 1.82) is 0 Å². The zero-order valence-corrected chi connectivity index (χ0v) is 13.8. The number of benzene rings is 2. The zero-order valence-electron chi connectivity index (χ0n) is 13.8. The van der Waals surface area contributed by atoms with E-state index in [0.29, 0.717) is 11.3 Å². The van der Waals surface area contributed by atoms with Crippen LogP contribution in [0.5, 0.6) is 5.75 Å². The molecule has 2 aromatic carbocycles. The van der Waals surface area contributed by atoms with Crippen LogP contribution in [0, 0.1) is 11.6 Å². The second-order valence-corrected chi connectivity index (χ2v) is 5.45. The molecule has 0 aromatic heterocycles. The van der Waals surface area contributed by atoms with Crippen LogP contribution in [0.25, 0.3) is 6.08 Å². The Labute approximate surface area is 144 Å². The van der Waals surface area contributed by atoms with Crippen LogP contribution in [0.2, 0.25) is 0 Å². The molecule has 2 aromatic rings. The van der Waals surface area contributed by atoms with Gasteiger partial charge in [0.25, 0.3) is 5.91 Å². The molecule has 1 amide bonds. The SMILES string of the molecule is CN(C)C(=O)COc1cccc(C(=O)/C=C/c2cccc(F)c2F)c1. The minimum atomic E-state index is -1.01. The van der Waals surface area contributed by atoms with Crippen LogP contribution in [-0.4, -0.2) is 37.3 Å². The summed E-state index contributed by atoms with van der Waals surface area (Å²) in [5.41, 5.74) is 0.292. The van der Waals surface area contributed by atoms with Gasteiger partial charge in [0.05, 0.1) is 0 Å². The highest BCUT2D eigenvalue weighted by atomic mass is 19.2. The fourth-order valence-electron chi connectivity index (χ4n) is 1.92. The van der Waals surface area contributed by atoms with E-state index in [-0.39, 0.29) is 18.1 Å². The van der Waals surface area contributed by atoms with E-state index in [4.69, 9.17) is 4.74 Å². The number of ether oxygens (including phenoxy) is 1. The van der Waals surface area contributed by atoms with Gasteiger partial charge in [-0.1, -0.05) is 24.3 Å². The van der Waals surface area contributed by atoms with E-state index in [1.807, 2.05) is 0 Å². The molecule has 0 unspecified atom stereocenters. The van der Waals surface area contributed by atoms with Crippen LogP contribution in [0.4, 0.5) is 8.78 Å². The highest BCUT2D eigenvalue weighted by Gasteiger charge is 2.09. The fourth-order valence-corrected chi connectivity index (χ4v) is 1.92. The van der Waals surface area contributed by atoms with Gasteiger partial charge in [-0.05, 0) is 30.4 Å². The van der Waals surface area contributed by atoms with E-state index in [2.05, 4.69) is 0 Å². The lowest BCUT2D eigenvalue weighted by Crippen LogP contribution is -2.27. The molecule has 130 valence electrons. The van der Waals surface area contributed by atoms with Gasteiger partial charge in [-0.2, -0.15) is 0 Å². The first-order valence-electron chi connectivity index (χ1n) is 7.48. The van der Waals surface area contributed by atoms with Gasteiger partial charge >= 0.3 is 0 Å². The summed E-state index contributed by atoms with van der Waals surface area (Å²) in [5.74, 6) is -2.22. The number of amides is 1. The van der Waals surface area contributed by atoms with Crippen molar-refractivity contribution in [2.45, 2.75) is 0 Å². The molecule has 4 nitrogen and oxygen atoms in total. The van der Waals surface area contributed by atoms with Gasteiger partial charge in [-0.15, -0.1) is 0 Å². The number of ketones is 1. The third-order valence-corrected chi connectivity index (χ3v) is 3.38. The van der Waals surface area contributed by atoms with Gasteiger partial charge in [-0.25, -0.2) is 8.78 Å². The Kier molecular flexibility index (Phi) is 6.00. The number of carbonyl (C=O) groups is 2. The number of nitrogens with zero attached hydrogens (tertiary/aromatic N) is 1. The van der Waals surface area contributed by atoms with Crippen LogP contribution in [0.3, 0.4) is 0 Å². The average molecular weight is 345 g/mol. The van der Waals surface area contributed by atoms with Crippen LogP contribution in [0.1, 0.15) is 15.9 Å². The monoisotopic (exact) mass is 345 g/mol. The average Bonchev–Trinajstić information content (AvgIpc) is 2.60. The minimum absolute atomic E-state index is 0.0164. The molecule has 0 bridgehead atoms. The van der Waals surface area contributed by atoms with Gasteiger partial charge in [-0.3, -0.25) is 9.59 Å². The molecule has 25 heavy (non-hydrogen) atoms. The summed E-state index contributed by atoms with van der Waals surface area (Å²) < 4.78 is 32.1. The lowest BCUT2D eigenvalue weighted by molar-refractivity contribution is -0.130. The first kappa shape index (κ1) is 18.3. The summed E-state index contributed by atoms with van der Waals surface area (Å²) >= 11 is 0. The molecule has 0 N–H and O–H groups in total. The summed E-state index contributed by atoms with van der Waals surface area (Å²) in [7, 11) is 3.23. The van der Waals surface area contributed by atoms with Gasteiger partial charge < -0.3 is 9.64 Å². The van der Waals surface area contributed by atoms with Crippen molar-refractivity contribution in [2.24, 2.45) is 0 Å². The summed E-state index contributed by atoms with van der Waals surface area (Å²) in [4.78, 5) is 25.1. The van der Waals surface area contributed by atoms with E-state index in [1.165, 1.54) is 29.2 Å². The Morgan fingerprint density at radius 2 is 1.84 bits per heavy atom. The first-order valence-corrected chi connectivity index (χ1v) is 7.48. The molecule has 0 spiro atoms. The molecule has 0 saturated carbocycles. The number of carbonyl (C=O) groups excluding carboxylic acids is 2. The smallest absolute Gasteiger partial charge is 0.259 e. The van der Waals surface area contributed by atoms with Gasteiger partial charge in [0.15, 0.2) is 24.0 Å². The predicted octanol–water partition coefficient (Wildman–Crippen LogP) is 3.33. The summed E-state index contributed by atoms with van der Waals surface area (Å²) in [6, 6.07) is 10.0. The maximum atomic E-state index is 13.6. The Balaban J connectivity index is 2.09. The summed E-state index contributed by atoms with van der Waals surface area (Å²) in [6.07, 6.45) is 2.37. The lowest BCUT2D eigenvalue weighted by atomic mass is 10.1. The Morgan fingerprint density at radius 1 is 1.12 bits per heavy atom. The van der Waals surface area contributed by atoms with E-state index in [1.54, 1.807) is 32.3 Å². The number of likely N-dealkylation sites (N-methyl/N-ethyl adjacent to an activating group) is 1. The molecule has 0 fully saturated rings. The molecule has 0 saturated heterocycles. The predicted molar refractivity (Wildman–Crippen MR) is 90.4 cm³/mol. The fraction of sp³-hybridized carbons (Fsp3) is 0.158. The number of halogens is 2. The van der Waals surface area contributed by atoms with Crippen molar-refractivity contribution in [1.82, 2.24) is 4.90 Å². The Hall–Kier alpha value is -3.02. The van der Waals surface area contributed by atoms with E-state index >= 15 is 0 Å². The highest BCUT2D eigenvalue weighted by molar-refractivity contribution is 6.07. The van der Waals surface area contributed by atoms with Gasteiger partial charge in [0.2, 0.25) is 0 Å². The third-order valence-electron chi connectivity index (χ3n) is 3.38. The van der Waals surface area contributed by atoms with Crippen molar-refractivity contribution in [3.05, 3.63) is 71.3 Å². The van der Waals surface area contributed by atoms with Crippen molar-refractivity contribution in [2.75, 3.05) is 20.7 Å². The molecule has 0 aliphatic rings. The van der Waals surface area contributed by atoms with Crippen molar-refractivity contribution < 1.29 is 23.1 Å². The maximum Gasteiger partial charge on any atom is 0.259 e. The maximum absolute atomic E-state index is 13.6. The topological polar surface area (TPSA) is 46.6 Å². The van der Waals surface area contributed by atoms with Crippen LogP contribution >= 0.6 is 0 Å². The molecule has 0 aliphatic heterocycles. The number of hydrogen-bond acceptors (Lipinski definition) is 3. The second-order valence-electron chi connectivity index (χ2n) is 5.45. The number of allylic oxidation sites excluding steroid dienone is 1. The van der Waals surface area contributed by atoms with E-state index in [9.17, 15) is 18.4 Å². The standard InChI is InChI=1S/C19H17F2NO3/c1-22(2)18(24)12-25-15-7-3-6-14(11-15)17(23)10-9-13-5-4-8-16(20)19(13)21/h3-11H,12H2,1-2H3/b10-9+. The van der Waals surface area contributed by atoms with E-state index < -0.39 is 17.4 Å². The Bertz CT molecular complexity index is 816. The molecular weight excluding hydrogens is 328 g/mol. The van der Waals surface area contributed by atoms with Crippen molar-refractivity contribution in [3.8, 4) is 5.75 Å². The van der Waals surface area contributed by atoms with Gasteiger partial charge in [0.1, 0.15) is 5.75 Å². The second kappa shape index (κ2) is 8.19. The quantitative estimate of drug-likeness (QED) is 0.596. The lowest BCUT2D eigenvalue weighted by Gasteiger charge is -2.11. The largest absolute Gasteiger partial charge is 0.484 e. The molecule has 0 heterocycles. The Morgan fingerprint density at radius 3 is 2.56 bits per heavy atom. The molecule has 0 aliphatic carbocycles. The van der Waals surface area contributed by atoms with Crippen LogP contribution in [-0.2, 0) is 4.79 Å². The number of hydrogen-bond donors (Lipinski definition) is 0. The van der Waals surface area contributed by atoms with Crippen LogP contribution in [0.15, 0.2) is 48.5 Å². The van der Waals surface area contributed by atoms with Gasteiger partial charge in [0, 0.05) is 25.2 Å². The summed E-state index contributed by atoms with van der Waals surface area (Å²) in [6.45, 7) is -0.144. The highest BCUT2D eigenvalue weighted by Crippen LogP contribution is 2.16. The molecule has 0 radical (unpaired) electrons. The first-order chi connectivity index (χ1) is 11.9. The van der Waals surface area contributed by atoms with Crippen molar-refractivity contribution >= 4 is 17.8 Å². The number of rotatable bonds is 6. The molecule has 2 rings (SSSR count). The molecule has 6 heteroatoms. The van der Waals surface area contributed by atoms with E-state index in [0.717, 1.165) is 12.1 Å². The zero-order chi connectivity index (χ0) is 18.4. The normalized spacial score (nSPS) is 10.7. The molecule has 0 atom stereocenters.